The van der Waals surface area contributed by atoms with Crippen molar-refractivity contribution < 1.29 is 4.42 Å². The van der Waals surface area contributed by atoms with Gasteiger partial charge in [0.25, 0.3) is 0 Å². The number of para-hydroxylation sites is 2. The molecule has 0 unspecified atom stereocenters. The Labute approximate surface area is 296 Å². The highest BCUT2D eigenvalue weighted by molar-refractivity contribution is 6.25. The van der Waals surface area contributed by atoms with Crippen LogP contribution in [0.5, 0.6) is 0 Å². The number of rotatable bonds is 5. The van der Waals surface area contributed by atoms with Crippen molar-refractivity contribution >= 4 is 71.3 Å². The second-order valence-electron chi connectivity index (χ2n) is 13.4. The highest BCUT2D eigenvalue weighted by Crippen LogP contribution is 2.42. The summed E-state index contributed by atoms with van der Waals surface area (Å²) in [5, 5.41) is 9.90. The molecule has 51 heavy (non-hydrogen) atoms. The van der Waals surface area contributed by atoms with Crippen LogP contribution in [0.4, 0.5) is 17.1 Å². The Bertz CT molecular complexity index is 2870. The molecule has 10 aromatic rings. The average Bonchev–Trinajstić information content (AvgIpc) is 3.59. The molecule has 0 saturated heterocycles. The molecule has 0 N–H and O–H groups in total. The van der Waals surface area contributed by atoms with Gasteiger partial charge in [0, 0.05) is 33.4 Å². The summed E-state index contributed by atoms with van der Waals surface area (Å²) in [6.45, 7) is 2.11. The van der Waals surface area contributed by atoms with Crippen LogP contribution in [-0.4, -0.2) is 0 Å². The number of fused-ring (bicyclic) bond motifs is 9. The largest absolute Gasteiger partial charge is 0.455 e. The van der Waals surface area contributed by atoms with Gasteiger partial charge in [0.1, 0.15) is 11.2 Å². The van der Waals surface area contributed by atoms with Crippen molar-refractivity contribution in [1.82, 2.24) is 0 Å². The van der Waals surface area contributed by atoms with Gasteiger partial charge in [0.15, 0.2) is 0 Å². The predicted molar refractivity (Wildman–Crippen MR) is 217 cm³/mol. The van der Waals surface area contributed by atoms with Crippen LogP contribution in [0.3, 0.4) is 0 Å². The topological polar surface area (TPSA) is 16.4 Å². The van der Waals surface area contributed by atoms with E-state index < -0.39 is 0 Å². The van der Waals surface area contributed by atoms with E-state index in [0.717, 1.165) is 55.7 Å². The van der Waals surface area contributed by atoms with Crippen LogP contribution in [0, 0.1) is 6.92 Å². The molecule has 0 saturated carbocycles. The average molecular weight is 652 g/mol. The third-order valence-corrected chi connectivity index (χ3v) is 10.4. The number of furan rings is 1. The molecule has 0 aliphatic rings. The summed E-state index contributed by atoms with van der Waals surface area (Å²) in [5.74, 6) is 0. The van der Waals surface area contributed by atoms with E-state index in [2.05, 4.69) is 194 Å². The number of anilines is 3. The first-order chi connectivity index (χ1) is 25.2. The van der Waals surface area contributed by atoms with Crippen molar-refractivity contribution in [2.24, 2.45) is 0 Å². The summed E-state index contributed by atoms with van der Waals surface area (Å²) in [6.07, 6.45) is 0. The lowest BCUT2D eigenvalue weighted by Gasteiger charge is -2.26. The normalized spacial score (nSPS) is 11.6. The maximum absolute atomic E-state index is 6.53. The summed E-state index contributed by atoms with van der Waals surface area (Å²) < 4.78 is 6.53. The van der Waals surface area contributed by atoms with Crippen LogP contribution in [-0.2, 0) is 0 Å². The molecule has 0 aliphatic heterocycles. The van der Waals surface area contributed by atoms with Crippen LogP contribution < -0.4 is 4.90 Å². The molecule has 1 aromatic heterocycles. The van der Waals surface area contributed by atoms with E-state index in [4.69, 9.17) is 4.42 Å². The van der Waals surface area contributed by atoms with Crippen molar-refractivity contribution in [3.05, 3.63) is 188 Å². The molecule has 0 amide bonds. The molecule has 0 aliphatic carbocycles. The second-order valence-corrected chi connectivity index (χ2v) is 13.4. The van der Waals surface area contributed by atoms with E-state index in [9.17, 15) is 0 Å². The van der Waals surface area contributed by atoms with Crippen LogP contribution >= 0.6 is 0 Å². The highest BCUT2D eigenvalue weighted by atomic mass is 16.3. The number of aryl methyl sites for hydroxylation is 1. The Morgan fingerprint density at radius 2 is 0.804 bits per heavy atom. The molecule has 10 rings (SSSR count). The number of nitrogens with zero attached hydrogens (tertiary/aromatic N) is 1. The van der Waals surface area contributed by atoms with Crippen molar-refractivity contribution in [2.75, 3.05) is 4.90 Å². The molecular weight excluding hydrogens is 619 g/mol. The van der Waals surface area contributed by atoms with Gasteiger partial charge < -0.3 is 9.32 Å². The van der Waals surface area contributed by atoms with Gasteiger partial charge in [0.2, 0.25) is 0 Å². The summed E-state index contributed by atoms with van der Waals surface area (Å²) in [5.41, 5.74) is 10.9. The quantitative estimate of drug-likeness (QED) is 0.172. The fourth-order valence-electron chi connectivity index (χ4n) is 7.89. The maximum Gasteiger partial charge on any atom is 0.143 e. The van der Waals surface area contributed by atoms with E-state index in [1.165, 1.54) is 43.4 Å². The molecule has 2 heteroatoms. The number of hydrogen-bond acceptors (Lipinski definition) is 2. The highest BCUT2D eigenvalue weighted by Gasteiger charge is 2.18. The Morgan fingerprint density at radius 3 is 1.45 bits per heavy atom. The first-order valence-electron chi connectivity index (χ1n) is 17.5. The Kier molecular flexibility index (Phi) is 6.75. The van der Waals surface area contributed by atoms with Crippen molar-refractivity contribution in [3.8, 4) is 22.3 Å². The second kappa shape index (κ2) is 11.8. The fraction of sp³-hybridized carbons (Fsp3) is 0.0204. The zero-order valence-corrected chi connectivity index (χ0v) is 28.2. The van der Waals surface area contributed by atoms with Gasteiger partial charge in [-0.1, -0.05) is 146 Å². The Balaban J connectivity index is 1.14. The van der Waals surface area contributed by atoms with Crippen LogP contribution in [0.2, 0.25) is 0 Å². The fourth-order valence-corrected chi connectivity index (χ4v) is 7.89. The molecule has 9 aromatic carbocycles. The Hall–Kier alpha value is -6.64. The van der Waals surface area contributed by atoms with E-state index in [1.807, 2.05) is 0 Å². The molecular formula is C49H33NO. The minimum absolute atomic E-state index is 0.927. The molecule has 0 fully saturated rings. The van der Waals surface area contributed by atoms with Gasteiger partial charge in [-0.3, -0.25) is 0 Å². The molecule has 2 nitrogen and oxygen atoms in total. The van der Waals surface area contributed by atoms with Crippen molar-refractivity contribution in [1.29, 1.82) is 0 Å². The van der Waals surface area contributed by atoms with Gasteiger partial charge in [0.05, 0.1) is 0 Å². The SMILES string of the molecule is Cc1cccc2c1oc1c(-c3ccc(N(c4ccc(-c5ccccc5)cc4)c4ccc5c6ccccc6c6ccccc6c5c4)cc3)cccc12. The molecule has 0 bridgehead atoms. The van der Waals surface area contributed by atoms with Crippen molar-refractivity contribution in [2.45, 2.75) is 6.92 Å². The smallest absolute Gasteiger partial charge is 0.143 e. The van der Waals surface area contributed by atoms with Crippen LogP contribution in [0.15, 0.2) is 186 Å². The minimum atomic E-state index is 0.927. The Morgan fingerprint density at radius 1 is 0.333 bits per heavy atom. The summed E-state index contributed by atoms with van der Waals surface area (Å²) >= 11 is 0. The first kappa shape index (κ1) is 29.3. The van der Waals surface area contributed by atoms with E-state index >= 15 is 0 Å². The van der Waals surface area contributed by atoms with Crippen molar-refractivity contribution in [3.63, 3.8) is 0 Å². The standard InChI is InChI=1S/C49H33NO/c1-32-11-9-19-45-46-20-10-18-39(49(46)51-48(32)45)35-23-27-37(28-24-35)50(36-25-21-34(22-26-36)33-12-3-2-4-13-33)38-29-30-44-42-16-6-5-14-40(42)41-15-7-8-17-43(41)47(44)31-38/h2-31H,1H3. The van der Waals surface area contributed by atoms with Crippen LogP contribution in [0.25, 0.3) is 76.5 Å². The summed E-state index contributed by atoms with van der Waals surface area (Å²) in [4.78, 5) is 2.37. The van der Waals surface area contributed by atoms with E-state index in [0.29, 0.717) is 0 Å². The molecule has 1 heterocycles. The lowest BCUT2D eigenvalue weighted by atomic mass is 9.94. The number of hydrogen-bond donors (Lipinski definition) is 0. The lowest BCUT2D eigenvalue weighted by molar-refractivity contribution is 0.667. The van der Waals surface area contributed by atoms with E-state index in [-0.39, 0.29) is 0 Å². The zero-order chi connectivity index (χ0) is 33.9. The lowest BCUT2D eigenvalue weighted by Crippen LogP contribution is -2.10. The van der Waals surface area contributed by atoms with Gasteiger partial charge in [-0.05, 0) is 97.9 Å². The van der Waals surface area contributed by atoms with Gasteiger partial charge in [-0.25, -0.2) is 0 Å². The van der Waals surface area contributed by atoms with Gasteiger partial charge >= 0.3 is 0 Å². The van der Waals surface area contributed by atoms with Gasteiger partial charge in [-0.2, -0.15) is 0 Å². The third-order valence-electron chi connectivity index (χ3n) is 10.4. The predicted octanol–water partition coefficient (Wildman–Crippen LogP) is 14.2. The first-order valence-corrected chi connectivity index (χ1v) is 17.5. The summed E-state index contributed by atoms with van der Waals surface area (Å²) in [7, 11) is 0. The minimum Gasteiger partial charge on any atom is -0.455 e. The third kappa shape index (κ3) is 4.80. The molecule has 0 radical (unpaired) electrons. The monoisotopic (exact) mass is 651 g/mol. The molecule has 0 atom stereocenters. The zero-order valence-electron chi connectivity index (χ0n) is 28.2. The number of benzene rings is 9. The van der Waals surface area contributed by atoms with Crippen LogP contribution in [0.1, 0.15) is 5.56 Å². The molecule has 0 spiro atoms. The molecule has 240 valence electrons. The maximum atomic E-state index is 6.53. The van der Waals surface area contributed by atoms with Gasteiger partial charge in [-0.15, -0.1) is 0 Å². The van der Waals surface area contributed by atoms with E-state index in [1.54, 1.807) is 0 Å². The summed E-state index contributed by atoms with van der Waals surface area (Å²) in [6, 6.07) is 65.6.